The predicted octanol–water partition coefficient (Wildman–Crippen LogP) is 4.56. The molecule has 186 valence electrons. The van der Waals surface area contributed by atoms with Crippen LogP contribution in [0, 0.1) is 13.8 Å². The van der Waals surface area contributed by atoms with E-state index >= 15 is 0 Å². The molecule has 1 aliphatic rings. The number of nitrogens with zero attached hydrogens (tertiary/aromatic N) is 5. The molecular weight excluding hydrogens is 470 g/mol. The average Bonchev–Trinajstić information content (AvgIpc) is 3.30. The second-order valence-corrected chi connectivity index (χ2v) is 8.57. The van der Waals surface area contributed by atoms with Crippen LogP contribution in [0.5, 0.6) is 5.75 Å². The third-order valence-electron chi connectivity index (χ3n) is 6.11. The molecule has 35 heavy (non-hydrogen) atoms. The van der Waals surface area contributed by atoms with E-state index in [9.17, 15) is 17.6 Å². The molecule has 3 aromatic heterocycles. The van der Waals surface area contributed by atoms with Crippen LogP contribution in [0.2, 0.25) is 0 Å². The maximum Gasteiger partial charge on any atom is 0.345 e. The van der Waals surface area contributed by atoms with Gasteiger partial charge in [0.15, 0.2) is 0 Å². The highest BCUT2D eigenvalue weighted by Crippen LogP contribution is 2.39. The molecule has 0 bridgehead atoms. The predicted molar refractivity (Wildman–Crippen MR) is 119 cm³/mol. The fourth-order valence-corrected chi connectivity index (χ4v) is 4.63. The Bertz CT molecular complexity index is 1370. The number of likely N-dealkylation sites (tertiary alicyclic amines) is 1. The van der Waals surface area contributed by atoms with Crippen LogP contribution in [0.25, 0.3) is 33.1 Å². The van der Waals surface area contributed by atoms with Gasteiger partial charge in [0, 0.05) is 17.5 Å². The van der Waals surface area contributed by atoms with Gasteiger partial charge in [0.05, 0.1) is 61.8 Å². The molecule has 0 radical (unpaired) electrons. The summed E-state index contributed by atoms with van der Waals surface area (Å²) in [7, 11) is 1.54. The first-order valence-electron chi connectivity index (χ1n) is 11.0. The van der Waals surface area contributed by atoms with E-state index in [1.165, 1.54) is 0 Å². The third kappa shape index (κ3) is 4.31. The molecule has 8 nitrogen and oxygen atoms in total. The van der Waals surface area contributed by atoms with Gasteiger partial charge in [-0.3, -0.25) is 9.88 Å². The Hall–Kier alpha value is -3.25. The van der Waals surface area contributed by atoms with Gasteiger partial charge in [-0.15, -0.1) is 0 Å². The fraction of sp³-hybridized carbons (Fsp3) is 0.435. The highest BCUT2D eigenvalue weighted by molar-refractivity contribution is 6.05. The maximum atomic E-state index is 13.4. The summed E-state index contributed by atoms with van der Waals surface area (Å²) in [6.45, 7) is -0.102. The van der Waals surface area contributed by atoms with Gasteiger partial charge < -0.3 is 18.6 Å². The normalized spacial score (nSPS) is 15.9. The number of hydrogen-bond acceptors (Lipinski definition) is 7. The number of benzene rings is 1. The standard InChI is InChI=1S/C23H23F4N5O3/c1-12-20(13(2)35-30-12)15-6-16-14(7-18(15)33-3)21-17(8-28-16)29-19(9-31-10-23(26,27)11-31)32(21)4-5-34-22(24)25/h6-8,22H,4-5,9-11H2,1-3H3. The van der Waals surface area contributed by atoms with Crippen LogP contribution in [0.1, 0.15) is 17.3 Å². The first kappa shape index (κ1) is 23.5. The van der Waals surface area contributed by atoms with Gasteiger partial charge in [0.25, 0.3) is 5.92 Å². The van der Waals surface area contributed by atoms with Gasteiger partial charge >= 0.3 is 6.61 Å². The first-order valence-corrected chi connectivity index (χ1v) is 11.0. The molecule has 0 unspecified atom stereocenters. The summed E-state index contributed by atoms with van der Waals surface area (Å²) in [6.07, 6.45) is 1.58. The van der Waals surface area contributed by atoms with Crippen molar-refractivity contribution < 1.29 is 31.6 Å². The number of alkyl halides is 4. The molecule has 4 heterocycles. The number of aryl methyl sites for hydroxylation is 2. The molecule has 1 saturated heterocycles. The van der Waals surface area contributed by atoms with E-state index in [-0.39, 0.29) is 32.8 Å². The molecule has 0 spiro atoms. The van der Waals surface area contributed by atoms with Gasteiger partial charge in [0.1, 0.15) is 22.9 Å². The number of methoxy groups -OCH3 is 1. The summed E-state index contributed by atoms with van der Waals surface area (Å²) < 4.78 is 69.3. The van der Waals surface area contributed by atoms with Crippen molar-refractivity contribution in [3.8, 4) is 16.9 Å². The number of rotatable bonds is 8. The van der Waals surface area contributed by atoms with Crippen LogP contribution in [0.15, 0.2) is 22.9 Å². The number of pyridine rings is 1. The van der Waals surface area contributed by atoms with E-state index < -0.39 is 12.5 Å². The van der Waals surface area contributed by atoms with Crippen molar-refractivity contribution in [3.05, 3.63) is 35.6 Å². The van der Waals surface area contributed by atoms with Gasteiger partial charge in [-0.2, -0.15) is 8.78 Å². The summed E-state index contributed by atoms with van der Waals surface area (Å²) in [6, 6.07) is 3.66. The SMILES string of the molecule is COc1cc2c(cc1-c1c(C)noc1C)ncc1nc(CN3CC(F)(F)C3)n(CCOC(F)F)c12. The zero-order chi connectivity index (χ0) is 24.9. The van der Waals surface area contributed by atoms with Crippen LogP contribution in [0.3, 0.4) is 0 Å². The van der Waals surface area contributed by atoms with Crippen LogP contribution in [-0.2, 0) is 17.8 Å². The molecule has 0 amide bonds. The number of imidazole rings is 1. The molecule has 1 fully saturated rings. The molecular formula is C23H23F4N5O3. The Morgan fingerprint density at radius 3 is 2.57 bits per heavy atom. The van der Waals surface area contributed by atoms with E-state index in [0.29, 0.717) is 45.0 Å². The first-order chi connectivity index (χ1) is 16.7. The van der Waals surface area contributed by atoms with E-state index in [0.717, 1.165) is 11.1 Å². The second-order valence-electron chi connectivity index (χ2n) is 8.57. The Balaban J connectivity index is 1.65. The molecule has 5 rings (SSSR count). The summed E-state index contributed by atoms with van der Waals surface area (Å²) in [5, 5.41) is 4.70. The lowest BCUT2D eigenvalue weighted by molar-refractivity contribution is -0.136. The Kier molecular flexibility index (Phi) is 5.88. The summed E-state index contributed by atoms with van der Waals surface area (Å²) in [5.74, 6) is -1.09. The van der Waals surface area contributed by atoms with Crippen molar-refractivity contribution in [2.45, 2.75) is 39.5 Å². The molecule has 1 aromatic carbocycles. The van der Waals surface area contributed by atoms with Crippen molar-refractivity contribution in [1.82, 2.24) is 24.6 Å². The van der Waals surface area contributed by atoms with Gasteiger partial charge in [-0.05, 0) is 26.0 Å². The molecule has 0 aliphatic carbocycles. The monoisotopic (exact) mass is 493 g/mol. The number of halogens is 4. The maximum absolute atomic E-state index is 13.4. The van der Waals surface area contributed by atoms with Gasteiger partial charge in [-0.1, -0.05) is 5.16 Å². The molecule has 4 aromatic rings. The summed E-state index contributed by atoms with van der Waals surface area (Å²) in [5.41, 5.74) is 4.01. The third-order valence-corrected chi connectivity index (χ3v) is 6.11. The molecule has 1 aliphatic heterocycles. The summed E-state index contributed by atoms with van der Waals surface area (Å²) >= 11 is 0. The van der Waals surface area contributed by atoms with Crippen molar-refractivity contribution in [2.75, 3.05) is 26.8 Å². The minimum Gasteiger partial charge on any atom is -0.496 e. The van der Waals surface area contributed by atoms with E-state index in [1.54, 1.807) is 35.8 Å². The second kappa shape index (κ2) is 8.76. The number of ether oxygens (including phenoxy) is 2. The molecule has 0 atom stereocenters. The Morgan fingerprint density at radius 2 is 1.94 bits per heavy atom. The quantitative estimate of drug-likeness (QED) is 0.333. The lowest BCUT2D eigenvalue weighted by Gasteiger charge is -2.38. The van der Waals surface area contributed by atoms with E-state index in [2.05, 4.69) is 19.9 Å². The zero-order valence-electron chi connectivity index (χ0n) is 19.3. The lowest BCUT2D eigenvalue weighted by atomic mass is 10.0. The van der Waals surface area contributed by atoms with Crippen LogP contribution in [0.4, 0.5) is 17.6 Å². The minimum atomic E-state index is -2.92. The number of fused-ring (bicyclic) bond motifs is 3. The Labute approximate surface area is 197 Å². The van der Waals surface area contributed by atoms with Crippen LogP contribution < -0.4 is 4.74 Å². The minimum absolute atomic E-state index is 0.0629. The smallest absolute Gasteiger partial charge is 0.345 e. The topological polar surface area (TPSA) is 78.4 Å². The van der Waals surface area contributed by atoms with Crippen molar-refractivity contribution in [3.63, 3.8) is 0 Å². The number of aromatic nitrogens is 4. The van der Waals surface area contributed by atoms with E-state index in [1.807, 2.05) is 13.0 Å². The van der Waals surface area contributed by atoms with Crippen molar-refractivity contribution in [1.29, 1.82) is 0 Å². The number of hydrogen-bond donors (Lipinski definition) is 0. The summed E-state index contributed by atoms with van der Waals surface area (Å²) in [4.78, 5) is 10.7. The average molecular weight is 493 g/mol. The molecule has 0 N–H and O–H groups in total. The van der Waals surface area contributed by atoms with Crippen molar-refractivity contribution in [2.24, 2.45) is 0 Å². The van der Waals surface area contributed by atoms with Gasteiger partial charge in [0.2, 0.25) is 0 Å². The van der Waals surface area contributed by atoms with Crippen LogP contribution >= 0.6 is 0 Å². The lowest BCUT2D eigenvalue weighted by Crippen LogP contribution is -2.55. The van der Waals surface area contributed by atoms with Gasteiger partial charge in [-0.25, -0.2) is 13.8 Å². The molecule has 12 heteroatoms. The van der Waals surface area contributed by atoms with Crippen molar-refractivity contribution >= 4 is 21.9 Å². The highest BCUT2D eigenvalue weighted by atomic mass is 19.3. The highest BCUT2D eigenvalue weighted by Gasteiger charge is 2.44. The van der Waals surface area contributed by atoms with Crippen LogP contribution in [-0.4, -0.2) is 63.9 Å². The molecule has 0 saturated carbocycles. The fourth-order valence-electron chi connectivity index (χ4n) is 4.63. The zero-order valence-corrected chi connectivity index (χ0v) is 19.3. The Morgan fingerprint density at radius 1 is 1.17 bits per heavy atom. The van der Waals surface area contributed by atoms with E-state index in [4.69, 9.17) is 9.26 Å². The largest absolute Gasteiger partial charge is 0.496 e.